The van der Waals surface area contributed by atoms with Crippen LogP contribution in [0.3, 0.4) is 0 Å². The van der Waals surface area contributed by atoms with Gasteiger partial charge >= 0.3 is 6.18 Å². The number of nitrogens with zero attached hydrogens (tertiary/aromatic N) is 4. The van der Waals surface area contributed by atoms with Crippen molar-refractivity contribution in [3.8, 4) is 0 Å². The van der Waals surface area contributed by atoms with Crippen molar-refractivity contribution in [2.75, 3.05) is 18.6 Å². The molecule has 1 aromatic heterocycles. The van der Waals surface area contributed by atoms with E-state index in [1.807, 2.05) is 24.8 Å². The number of hydrogen-bond donors (Lipinski definition) is 2. The van der Waals surface area contributed by atoms with Gasteiger partial charge in [-0.25, -0.2) is 4.99 Å². The number of halogens is 4. The number of aliphatic imine (C=N–C) groups is 1. The second-order valence-corrected chi connectivity index (χ2v) is 7.19. The maximum absolute atomic E-state index is 12.7. The molecule has 1 aromatic carbocycles. The minimum atomic E-state index is -4.33. The molecule has 11 heteroatoms. The van der Waals surface area contributed by atoms with Crippen LogP contribution < -0.4 is 10.6 Å². The molecule has 0 saturated heterocycles. The number of aryl methyl sites for hydroxylation is 1. The molecule has 0 unspecified atom stereocenters. The first-order valence-electron chi connectivity index (χ1n) is 8.83. The third-order valence-electron chi connectivity index (χ3n) is 4.12. The number of rotatable bonds is 8. The van der Waals surface area contributed by atoms with E-state index in [1.54, 1.807) is 11.8 Å². The van der Waals surface area contributed by atoms with Crippen LogP contribution in [0.2, 0.25) is 0 Å². The van der Waals surface area contributed by atoms with Gasteiger partial charge in [-0.3, -0.25) is 0 Å². The van der Waals surface area contributed by atoms with E-state index in [0.717, 1.165) is 42.5 Å². The fraction of sp³-hybridized carbons (Fsp3) is 0.500. The Labute approximate surface area is 190 Å². The molecule has 6 nitrogen and oxygen atoms in total. The van der Waals surface area contributed by atoms with Crippen LogP contribution in [0.25, 0.3) is 0 Å². The van der Waals surface area contributed by atoms with E-state index in [-0.39, 0.29) is 30.5 Å². The van der Waals surface area contributed by atoms with Crippen LogP contribution in [0.15, 0.2) is 29.3 Å². The van der Waals surface area contributed by atoms with Gasteiger partial charge in [-0.05, 0) is 43.0 Å². The number of benzene rings is 1. The molecular formula is C18H26F3IN6S. The molecule has 2 N–H and O–H groups in total. The number of aromatic nitrogens is 3. The van der Waals surface area contributed by atoms with Crippen molar-refractivity contribution >= 4 is 41.7 Å². The first-order chi connectivity index (χ1) is 13.3. The molecular weight excluding hydrogens is 516 g/mol. The zero-order valence-electron chi connectivity index (χ0n) is 16.6. The predicted molar refractivity (Wildman–Crippen MR) is 122 cm³/mol. The van der Waals surface area contributed by atoms with Crippen molar-refractivity contribution in [3.05, 3.63) is 47.0 Å². The molecule has 0 atom stereocenters. The van der Waals surface area contributed by atoms with Crippen LogP contribution in [-0.2, 0) is 26.3 Å². The van der Waals surface area contributed by atoms with E-state index in [2.05, 4.69) is 25.8 Å². The topological polar surface area (TPSA) is 67.1 Å². The van der Waals surface area contributed by atoms with E-state index >= 15 is 0 Å². The Kier molecular flexibility index (Phi) is 10.8. The Bertz CT molecular complexity index is 777. The minimum absolute atomic E-state index is 0. The molecule has 2 rings (SSSR count). The smallest absolute Gasteiger partial charge is 0.356 e. The van der Waals surface area contributed by atoms with Gasteiger partial charge in [0.15, 0.2) is 11.8 Å². The normalized spacial score (nSPS) is 11.9. The Hall–Kier alpha value is -1.50. The van der Waals surface area contributed by atoms with Crippen LogP contribution in [0, 0.1) is 6.92 Å². The highest BCUT2D eigenvalue weighted by Crippen LogP contribution is 2.29. The van der Waals surface area contributed by atoms with Gasteiger partial charge in [-0.1, -0.05) is 12.1 Å². The second-order valence-electron chi connectivity index (χ2n) is 6.21. The molecule has 29 heavy (non-hydrogen) atoms. The van der Waals surface area contributed by atoms with Crippen molar-refractivity contribution in [1.82, 2.24) is 25.4 Å². The van der Waals surface area contributed by atoms with E-state index in [1.165, 1.54) is 12.1 Å². The van der Waals surface area contributed by atoms with Gasteiger partial charge < -0.3 is 15.2 Å². The van der Waals surface area contributed by atoms with Gasteiger partial charge in [0.2, 0.25) is 0 Å². The summed E-state index contributed by atoms with van der Waals surface area (Å²) in [6.07, 6.45) is -1.30. The fourth-order valence-electron chi connectivity index (χ4n) is 2.33. The summed E-state index contributed by atoms with van der Waals surface area (Å²) in [5.74, 6) is 3.20. The second kappa shape index (κ2) is 12.3. The molecule has 0 bridgehead atoms. The average Bonchev–Trinajstić information content (AvgIpc) is 2.98. The van der Waals surface area contributed by atoms with Gasteiger partial charge in [-0.2, -0.15) is 24.9 Å². The Morgan fingerprint density at radius 1 is 1.17 bits per heavy atom. The third-order valence-corrected chi connectivity index (χ3v) is 4.81. The Morgan fingerprint density at radius 2 is 1.86 bits per heavy atom. The highest BCUT2D eigenvalue weighted by Gasteiger charge is 2.29. The first-order valence-corrected chi connectivity index (χ1v) is 10.2. The van der Waals surface area contributed by atoms with Gasteiger partial charge in [0, 0.05) is 13.6 Å². The largest absolute Gasteiger partial charge is 0.416 e. The predicted octanol–water partition coefficient (Wildman–Crippen LogP) is 3.75. The highest BCUT2D eigenvalue weighted by atomic mass is 127. The summed E-state index contributed by atoms with van der Waals surface area (Å²) in [5, 5.41) is 14.6. The summed E-state index contributed by atoms with van der Waals surface area (Å²) < 4.78 is 39.9. The van der Waals surface area contributed by atoms with E-state index in [0.29, 0.717) is 18.1 Å². The number of thioether (sulfide) groups is 1. The van der Waals surface area contributed by atoms with Gasteiger partial charge in [-0.15, -0.1) is 34.2 Å². The van der Waals surface area contributed by atoms with Gasteiger partial charge in [0.25, 0.3) is 0 Å². The summed E-state index contributed by atoms with van der Waals surface area (Å²) in [6, 6.07) is 5.05. The summed E-state index contributed by atoms with van der Waals surface area (Å²) in [5.41, 5.74) is 0.0409. The molecule has 162 valence electrons. The van der Waals surface area contributed by atoms with Crippen LogP contribution >= 0.6 is 35.7 Å². The molecule has 0 saturated carbocycles. The summed E-state index contributed by atoms with van der Waals surface area (Å²) in [6.45, 7) is 3.33. The quantitative estimate of drug-likeness (QED) is 0.230. The van der Waals surface area contributed by atoms with E-state index in [9.17, 15) is 13.2 Å². The molecule has 2 aromatic rings. The molecule has 0 aliphatic rings. The van der Waals surface area contributed by atoms with E-state index in [4.69, 9.17) is 0 Å². The maximum Gasteiger partial charge on any atom is 0.416 e. The third kappa shape index (κ3) is 8.41. The van der Waals surface area contributed by atoms with Crippen molar-refractivity contribution in [2.24, 2.45) is 12.0 Å². The summed E-state index contributed by atoms with van der Waals surface area (Å²) >= 11 is 1.77. The lowest BCUT2D eigenvalue weighted by Gasteiger charge is -2.13. The lowest BCUT2D eigenvalue weighted by Crippen LogP contribution is -2.38. The Morgan fingerprint density at radius 3 is 2.41 bits per heavy atom. The molecule has 0 aliphatic heterocycles. The van der Waals surface area contributed by atoms with E-state index < -0.39 is 11.7 Å². The molecule has 1 heterocycles. The standard InChI is InChI=1S/C18H25F3N6S.HI/c1-13-25-26-16(27(13)2)12-24-17(22-9-4-10-28-3)23-11-14-5-7-15(8-6-14)18(19,20)21;/h5-8H,4,9-12H2,1-3H3,(H2,22,23,24);1H. The van der Waals surface area contributed by atoms with Crippen molar-refractivity contribution in [1.29, 1.82) is 0 Å². The first kappa shape index (κ1) is 25.5. The lowest BCUT2D eigenvalue weighted by molar-refractivity contribution is -0.137. The van der Waals surface area contributed by atoms with Gasteiger partial charge in [0.05, 0.1) is 18.7 Å². The molecule has 0 amide bonds. The molecule has 0 fully saturated rings. The molecule has 0 radical (unpaired) electrons. The monoisotopic (exact) mass is 542 g/mol. The van der Waals surface area contributed by atoms with Crippen LogP contribution in [0.1, 0.15) is 29.2 Å². The lowest BCUT2D eigenvalue weighted by atomic mass is 10.1. The van der Waals surface area contributed by atoms with Crippen LogP contribution in [0.4, 0.5) is 13.2 Å². The zero-order valence-corrected chi connectivity index (χ0v) is 19.7. The number of alkyl halides is 3. The fourth-order valence-corrected chi connectivity index (χ4v) is 2.77. The summed E-state index contributed by atoms with van der Waals surface area (Å²) in [7, 11) is 1.89. The zero-order chi connectivity index (χ0) is 20.6. The SMILES string of the molecule is CSCCCNC(=NCc1ccc(C(F)(F)F)cc1)NCc1nnc(C)n1C.I. The van der Waals surface area contributed by atoms with Gasteiger partial charge in [0.1, 0.15) is 5.82 Å². The van der Waals surface area contributed by atoms with Crippen molar-refractivity contribution in [2.45, 2.75) is 32.6 Å². The molecule has 0 spiro atoms. The number of hydrogen-bond acceptors (Lipinski definition) is 4. The maximum atomic E-state index is 12.7. The summed E-state index contributed by atoms with van der Waals surface area (Å²) in [4.78, 5) is 4.48. The number of guanidine groups is 1. The number of nitrogens with one attached hydrogen (secondary N) is 2. The minimum Gasteiger partial charge on any atom is -0.356 e. The Balaban J connectivity index is 0.00000420. The molecule has 0 aliphatic carbocycles. The van der Waals surface area contributed by atoms with Crippen molar-refractivity contribution < 1.29 is 13.2 Å². The van der Waals surface area contributed by atoms with Crippen LogP contribution in [0.5, 0.6) is 0 Å². The van der Waals surface area contributed by atoms with Crippen molar-refractivity contribution in [3.63, 3.8) is 0 Å². The highest BCUT2D eigenvalue weighted by molar-refractivity contribution is 14.0. The average molecular weight is 542 g/mol. The van der Waals surface area contributed by atoms with Crippen LogP contribution in [-0.4, -0.2) is 39.3 Å².